The van der Waals surface area contributed by atoms with E-state index < -0.39 is 17.1 Å². The average Bonchev–Trinajstić information content (AvgIpc) is 2.37. The van der Waals surface area contributed by atoms with Gasteiger partial charge in [0.05, 0.1) is 17.5 Å². The van der Waals surface area contributed by atoms with E-state index in [9.17, 15) is 14.4 Å². The molecule has 1 aliphatic rings. The second-order valence-corrected chi connectivity index (χ2v) is 5.86. The lowest BCUT2D eigenvalue weighted by molar-refractivity contribution is -0.126. The highest BCUT2D eigenvalue weighted by molar-refractivity contribution is 8.01. The molecule has 0 fully saturated rings. The standard InChI is InChI=1S/C12H12ClN3O3S/c13-6-1-2-8-7(3-6)16-12(19)9(20-8)4-11(18)15-5-10(14)17/h1-3,9H,4-5H2,(H2,14,17)(H,15,18)(H,16,19). The Kier molecular flexibility index (Phi) is 4.51. The number of fused-ring (bicyclic) bond motifs is 1. The summed E-state index contributed by atoms with van der Waals surface area (Å²) < 4.78 is 0. The Labute approximate surface area is 124 Å². The number of carbonyl (C=O) groups excluding carboxylic acids is 3. The minimum Gasteiger partial charge on any atom is -0.368 e. The highest BCUT2D eigenvalue weighted by atomic mass is 35.5. The van der Waals surface area contributed by atoms with Crippen LogP contribution in [0.1, 0.15) is 6.42 Å². The van der Waals surface area contributed by atoms with Gasteiger partial charge in [0.2, 0.25) is 17.7 Å². The number of hydrogen-bond donors (Lipinski definition) is 3. The maximum Gasteiger partial charge on any atom is 0.238 e. The van der Waals surface area contributed by atoms with Gasteiger partial charge in [0.25, 0.3) is 0 Å². The minimum atomic E-state index is -0.626. The molecule has 1 aromatic rings. The molecule has 8 heteroatoms. The molecule has 1 aromatic carbocycles. The Morgan fingerprint density at radius 3 is 2.90 bits per heavy atom. The van der Waals surface area contributed by atoms with Gasteiger partial charge in [-0.2, -0.15) is 0 Å². The summed E-state index contributed by atoms with van der Waals surface area (Å²) >= 11 is 7.14. The first kappa shape index (κ1) is 14.7. The number of nitrogens with two attached hydrogens (primary N) is 1. The number of thioether (sulfide) groups is 1. The zero-order valence-corrected chi connectivity index (χ0v) is 11.9. The lowest BCUT2D eigenvalue weighted by Gasteiger charge is -2.23. The maximum atomic E-state index is 11.9. The molecule has 1 aliphatic heterocycles. The fourth-order valence-electron chi connectivity index (χ4n) is 1.68. The average molecular weight is 314 g/mol. The van der Waals surface area contributed by atoms with Crippen molar-refractivity contribution in [3.05, 3.63) is 23.2 Å². The molecule has 0 aliphatic carbocycles. The molecule has 0 saturated carbocycles. The van der Waals surface area contributed by atoms with Crippen LogP contribution in [0, 0.1) is 0 Å². The van der Waals surface area contributed by atoms with E-state index in [2.05, 4.69) is 10.6 Å². The van der Waals surface area contributed by atoms with Crippen LogP contribution in [0.2, 0.25) is 5.02 Å². The van der Waals surface area contributed by atoms with Crippen LogP contribution in [0.15, 0.2) is 23.1 Å². The Balaban J connectivity index is 2.01. The van der Waals surface area contributed by atoms with Gasteiger partial charge in [0, 0.05) is 16.3 Å². The summed E-state index contributed by atoms with van der Waals surface area (Å²) in [4.78, 5) is 34.9. The molecule has 0 spiro atoms. The molecule has 0 radical (unpaired) electrons. The zero-order chi connectivity index (χ0) is 14.7. The van der Waals surface area contributed by atoms with Gasteiger partial charge >= 0.3 is 0 Å². The van der Waals surface area contributed by atoms with Crippen molar-refractivity contribution in [2.24, 2.45) is 5.73 Å². The van der Waals surface area contributed by atoms with Gasteiger partial charge in [-0.1, -0.05) is 11.6 Å². The first-order valence-electron chi connectivity index (χ1n) is 5.78. The van der Waals surface area contributed by atoms with E-state index in [4.69, 9.17) is 17.3 Å². The molecular formula is C12H12ClN3O3S. The normalized spacial score (nSPS) is 17.1. The largest absolute Gasteiger partial charge is 0.368 e. The Hall–Kier alpha value is -1.73. The Morgan fingerprint density at radius 1 is 1.45 bits per heavy atom. The van der Waals surface area contributed by atoms with Gasteiger partial charge < -0.3 is 16.4 Å². The van der Waals surface area contributed by atoms with Crippen LogP contribution in [-0.2, 0) is 14.4 Å². The van der Waals surface area contributed by atoms with Gasteiger partial charge in [0.1, 0.15) is 0 Å². The quantitative estimate of drug-likeness (QED) is 0.763. The molecule has 2 rings (SSSR count). The van der Waals surface area contributed by atoms with Crippen molar-refractivity contribution in [3.8, 4) is 0 Å². The van der Waals surface area contributed by atoms with Crippen LogP contribution < -0.4 is 16.4 Å². The van der Waals surface area contributed by atoms with Gasteiger partial charge in [-0.15, -0.1) is 11.8 Å². The van der Waals surface area contributed by atoms with Gasteiger partial charge in [-0.05, 0) is 18.2 Å². The third-order valence-electron chi connectivity index (χ3n) is 2.59. The third-order valence-corrected chi connectivity index (χ3v) is 4.10. The Bertz CT molecular complexity index is 579. The van der Waals surface area contributed by atoms with Gasteiger partial charge in [-0.3, -0.25) is 14.4 Å². The summed E-state index contributed by atoms with van der Waals surface area (Å²) in [6.45, 7) is -0.232. The number of rotatable bonds is 4. The number of amides is 3. The summed E-state index contributed by atoms with van der Waals surface area (Å²) in [5, 5.41) is 5.05. The van der Waals surface area contributed by atoms with Crippen molar-refractivity contribution < 1.29 is 14.4 Å². The van der Waals surface area contributed by atoms with Gasteiger partial charge in [-0.25, -0.2) is 0 Å². The highest BCUT2D eigenvalue weighted by Crippen LogP contribution is 2.38. The number of anilines is 1. The summed E-state index contributed by atoms with van der Waals surface area (Å²) in [5.74, 6) is -1.29. The van der Waals surface area contributed by atoms with Crippen molar-refractivity contribution in [2.75, 3.05) is 11.9 Å². The van der Waals surface area contributed by atoms with E-state index in [1.807, 2.05) is 0 Å². The molecule has 106 valence electrons. The number of carbonyl (C=O) groups is 3. The molecule has 1 heterocycles. The summed E-state index contributed by atoms with van der Waals surface area (Å²) in [5.41, 5.74) is 5.57. The minimum absolute atomic E-state index is 0.0220. The summed E-state index contributed by atoms with van der Waals surface area (Å²) in [7, 11) is 0. The molecule has 0 aromatic heterocycles. The fourth-order valence-corrected chi connectivity index (χ4v) is 2.95. The van der Waals surface area contributed by atoms with Crippen molar-refractivity contribution in [1.29, 1.82) is 0 Å². The predicted molar refractivity (Wildman–Crippen MR) is 76.5 cm³/mol. The van der Waals surface area contributed by atoms with E-state index in [1.54, 1.807) is 18.2 Å². The fraction of sp³-hybridized carbons (Fsp3) is 0.250. The number of hydrogen-bond acceptors (Lipinski definition) is 4. The number of halogens is 1. The SMILES string of the molecule is NC(=O)CNC(=O)CC1Sc2ccc(Cl)cc2NC1=O. The molecule has 4 N–H and O–H groups in total. The monoisotopic (exact) mass is 313 g/mol. The van der Waals surface area contributed by atoms with Crippen LogP contribution in [0.4, 0.5) is 5.69 Å². The van der Waals surface area contributed by atoms with Crippen LogP contribution >= 0.6 is 23.4 Å². The molecule has 6 nitrogen and oxygen atoms in total. The van der Waals surface area contributed by atoms with Crippen LogP contribution in [-0.4, -0.2) is 29.5 Å². The maximum absolute atomic E-state index is 11.9. The lowest BCUT2D eigenvalue weighted by Crippen LogP contribution is -2.38. The first-order chi connectivity index (χ1) is 9.45. The van der Waals surface area contributed by atoms with E-state index >= 15 is 0 Å². The predicted octanol–water partition coefficient (Wildman–Crippen LogP) is 0.744. The molecule has 0 bridgehead atoms. The van der Waals surface area contributed by atoms with E-state index in [0.717, 1.165) is 4.90 Å². The van der Waals surface area contributed by atoms with Crippen LogP contribution in [0.25, 0.3) is 0 Å². The smallest absolute Gasteiger partial charge is 0.238 e. The highest BCUT2D eigenvalue weighted by Gasteiger charge is 2.29. The van der Waals surface area contributed by atoms with E-state index in [0.29, 0.717) is 10.7 Å². The van der Waals surface area contributed by atoms with Crippen molar-refractivity contribution in [3.63, 3.8) is 0 Å². The second kappa shape index (κ2) is 6.15. The molecule has 3 amide bonds. The van der Waals surface area contributed by atoms with Crippen LogP contribution in [0.5, 0.6) is 0 Å². The van der Waals surface area contributed by atoms with E-state index in [1.165, 1.54) is 11.8 Å². The number of nitrogens with one attached hydrogen (secondary N) is 2. The number of primary amides is 1. The Morgan fingerprint density at radius 2 is 2.20 bits per heavy atom. The van der Waals surface area contributed by atoms with Crippen molar-refractivity contribution >= 4 is 46.8 Å². The molecule has 20 heavy (non-hydrogen) atoms. The molecule has 1 unspecified atom stereocenters. The number of benzene rings is 1. The lowest BCUT2D eigenvalue weighted by atomic mass is 10.2. The molecule has 1 atom stereocenters. The topological polar surface area (TPSA) is 101 Å². The second-order valence-electron chi connectivity index (χ2n) is 4.18. The van der Waals surface area contributed by atoms with Crippen molar-refractivity contribution in [2.45, 2.75) is 16.6 Å². The van der Waals surface area contributed by atoms with Gasteiger partial charge in [0.15, 0.2) is 0 Å². The molecular weight excluding hydrogens is 302 g/mol. The summed E-state index contributed by atoms with van der Waals surface area (Å²) in [6.07, 6.45) is -0.0220. The third kappa shape index (κ3) is 3.64. The van der Waals surface area contributed by atoms with Crippen molar-refractivity contribution in [1.82, 2.24) is 5.32 Å². The molecule has 0 saturated heterocycles. The zero-order valence-electron chi connectivity index (χ0n) is 10.3. The summed E-state index contributed by atoms with van der Waals surface area (Å²) in [6, 6.07) is 5.16. The first-order valence-corrected chi connectivity index (χ1v) is 7.03. The van der Waals surface area contributed by atoms with Crippen LogP contribution in [0.3, 0.4) is 0 Å². The van der Waals surface area contributed by atoms with E-state index in [-0.39, 0.29) is 18.9 Å².